The Bertz CT molecular complexity index is 1360. The lowest BCUT2D eigenvalue weighted by atomic mass is 10.1. The summed E-state index contributed by atoms with van der Waals surface area (Å²) in [5.41, 5.74) is 3.35. The van der Waals surface area contributed by atoms with Crippen LogP contribution in [0.4, 0.5) is 0 Å². The van der Waals surface area contributed by atoms with E-state index >= 15 is 0 Å². The number of benzene rings is 3. The van der Waals surface area contributed by atoms with Crippen molar-refractivity contribution in [2.45, 2.75) is 4.90 Å². The van der Waals surface area contributed by atoms with E-state index in [4.69, 9.17) is 51.5 Å². The average Bonchev–Trinajstić information content (AvgIpc) is 3.12. The van der Waals surface area contributed by atoms with Crippen LogP contribution in [0.5, 0.6) is 0 Å². The van der Waals surface area contributed by atoms with Gasteiger partial charge in [-0.3, -0.25) is 0 Å². The highest BCUT2D eigenvalue weighted by molar-refractivity contribution is 7.90. The quantitative estimate of drug-likeness (QED) is 0.290. The van der Waals surface area contributed by atoms with Crippen molar-refractivity contribution in [3.05, 3.63) is 86.8 Å². The van der Waals surface area contributed by atoms with Gasteiger partial charge in [-0.2, -0.15) is 5.10 Å². The van der Waals surface area contributed by atoms with E-state index in [1.54, 1.807) is 41.1 Å². The summed E-state index contributed by atoms with van der Waals surface area (Å²) in [7, 11) is -3.32. The Kier molecular flexibility index (Phi) is 6.08. The Morgan fingerprint density at radius 2 is 1.35 bits per heavy atom. The van der Waals surface area contributed by atoms with Crippen molar-refractivity contribution in [3.63, 3.8) is 0 Å². The summed E-state index contributed by atoms with van der Waals surface area (Å²) in [5, 5.41) is 6.50. The van der Waals surface area contributed by atoms with Crippen molar-refractivity contribution in [1.82, 2.24) is 9.78 Å². The number of hydrogen-bond donors (Lipinski definition) is 0. The molecule has 0 unspecified atom stereocenters. The molecule has 0 atom stereocenters. The van der Waals surface area contributed by atoms with Gasteiger partial charge in [-0.1, -0.05) is 58.5 Å². The van der Waals surface area contributed by atoms with Crippen LogP contribution < -0.4 is 0 Å². The van der Waals surface area contributed by atoms with Crippen molar-refractivity contribution in [2.75, 3.05) is 6.26 Å². The van der Waals surface area contributed by atoms with Gasteiger partial charge in [0.25, 0.3) is 0 Å². The number of nitrogens with zero attached hydrogens (tertiary/aromatic N) is 2. The fourth-order valence-corrected chi connectivity index (χ4v) is 4.91. The summed E-state index contributed by atoms with van der Waals surface area (Å²) in [5.74, 6) is 0. The third-order valence-corrected chi connectivity index (χ3v) is 6.82. The molecule has 0 aliphatic rings. The Hall–Kier alpha value is -2.02. The zero-order valence-corrected chi connectivity index (χ0v) is 19.8. The van der Waals surface area contributed by atoms with E-state index in [0.717, 1.165) is 11.8 Å². The molecule has 4 aromatic rings. The summed E-state index contributed by atoms with van der Waals surface area (Å²) in [6.45, 7) is 0. The molecule has 0 amide bonds. The lowest BCUT2D eigenvalue weighted by Crippen LogP contribution is -2.02. The number of hydrogen-bond acceptors (Lipinski definition) is 3. The summed E-state index contributed by atoms with van der Waals surface area (Å²) in [4.78, 5) is 0.213. The molecule has 158 valence electrons. The van der Waals surface area contributed by atoms with Gasteiger partial charge in [0.2, 0.25) is 0 Å². The topological polar surface area (TPSA) is 52.0 Å². The van der Waals surface area contributed by atoms with Crippen molar-refractivity contribution in [3.8, 4) is 28.2 Å². The average molecular weight is 512 g/mol. The second kappa shape index (κ2) is 8.49. The van der Waals surface area contributed by atoms with Gasteiger partial charge in [0, 0.05) is 27.4 Å². The standard InChI is InChI=1S/C22H14Cl4N2O2S/c1-31(29,30)17-8-6-16(7-9-17)28-21(22-18(25)10-15(24)11-19(22)26)12-20(27-28)13-2-4-14(23)5-3-13/h2-12H,1H3. The third-order valence-electron chi connectivity index (χ3n) is 4.62. The molecular weight excluding hydrogens is 498 g/mol. The monoisotopic (exact) mass is 510 g/mol. The van der Waals surface area contributed by atoms with Crippen LogP contribution in [0.15, 0.2) is 71.6 Å². The number of sulfone groups is 1. The Balaban J connectivity index is 1.94. The highest BCUT2D eigenvalue weighted by Gasteiger charge is 2.19. The first-order valence-corrected chi connectivity index (χ1v) is 12.4. The maximum Gasteiger partial charge on any atom is 0.175 e. The Labute approximate surface area is 199 Å². The van der Waals surface area contributed by atoms with E-state index in [-0.39, 0.29) is 4.90 Å². The molecule has 4 nitrogen and oxygen atoms in total. The van der Waals surface area contributed by atoms with Crippen molar-refractivity contribution in [2.24, 2.45) is 0 Å². The zero-order valence-electron chi connectivity index (χ0n) is 16.0. The van der Waals surface area contributed by atoms with E-state index in [1.807, 2.05) is 18.2 Å². The summed E-state index contributed by atoms with van der Waals surface area (Å²) in [6, 6.07) is 18.8. The molecule has 1 heterocycles. The molecule has 9 heteroatoms. The predicted molar refractivity (Wildman–Crippen MR) is 128 cm³/mol. The summed E-state index contributed by atoms with van der Waals surface area (Å²) < 4.78 is 25.3. The lowest BCUT2D eigenvalue weighted by molar-refractivity contribution is 0.602. The maximum atomic E-state index is 11.8. The van der Waals surface area contributed by atoms with E-state index in [9.17, 15) is 8.42 Å². The minimum atomic E-state index is -3.32. The molecule has 31 heavy (non-hydrogen) atoms. The van der Waals surface area contributed by atoms with Crippen molar-refractivity contribution in [1.29, 1.82) is 0 Å². The fourth-order valence-electron chi connectivity index (χ4n) is 3.14. The molecule has 0 aliphatic carbocycles. The van der Waals surface area contributed by atoms with Gasteiger partial charge in [-0.05, 0) is 54.6 Å². The van der Waals surface area contributed by atoms with Gasteiger partial charge in [-0.15, -0.1) is 0 Å². The van der Waals surface area contributed by atoms with Crippen LogP contribution in [0.25, 0.3) is 28.2 Å². The molecule has 0 fully saturated rings. The first-order valence-electron chi connectivity index (χ1n) is 8.95. The molecule has 0 bridgehead atoms. The highest BCUT2D eigenvalue weighted by Crippen LogP contribution is 2.39. The van der Waals surface area contributed by atoms with E-state index in [2.05, 4.69) is 0 Å². The van der Waals surface area contributed by atoms with Crippen molar-refractivity contribution < 1.29 is 8.42 Å². The Morgan fingerprint density at radius 1 is 0.774 bits per heavy atom. The van der Waals surface area contributed by atoms with Gasteiger partial charge in [0.1, 0.15) is 0 Å². The molecule has 0 aliphatic heterocycles. The molecule has 0 N–H and O–H groups in total. The third kappa shape index (κ3) is 4.61. The van der Waals surface area contributed by atoms with E-state index < -0.39 is 9.84 Å². The number of halogens is 4. The van der Waals surface area contributed by atoms with Crippen LogP contribution in [0, 0.1) is 0 Å². The molecule has 3 aromatic carbocycles. The minimum Gasteiger partial charge on any atom is -0.232 e. The van der Waals surface area contributed by atoms with Crippen LogP contribution in [0.1, 0.15) is 0 Å². The van der Waals surface area contributed by atoms with Gasteiger partial charge < -0.3 is 0 Å². The largest absolute Gasteiger partial charge is 0.232 e. The predicted octanol–water partition coefficient (Wildman–Crippen LogP) is 7.22. The minimum absolute atomic E-state index is 0.213. The first kappa shape index (κ1) is 22.2. The SMILES string of the molecule is CS(=O)(=O)c1ccc(-n2nc(-c3ccc(Cl)cc3)cc2-c2c(Cl)cc(Cl)cc2Cl)cc1. The molecule has 0 spiro atoms. The lowest BCUT2D eigenvalue weighted by Gasteiger charge is -2.11. The van der Waals surface area contributed by atoms with Crippen molar-refractivity contribution >= 4 is 56.2 Å². The molecule has 4 rings (SSSR count). The van der Waals surface area contributed by atoms with Crippen LogP contribution >= 0.6 is 46.4 Å². The van der Waals surface area contributed by atoms with Gasteiger partial charge in [-0.25, -0.2) is 13.1 Å². The molecule has 0 saturated carbocycles. The zero-order chi connectivity index (χ0) is 22.3. The van der Waals surface area contributed by atoms with Crippen LogP contribution in [-0.4, -0.2) is 24.5 Å². The highest BCUT2D eigenvalue weighted by atomic mass is 35.5. The first-order chi connectivity index (χ1) is 14.6. The van der Waals surface area contributed by atoms with E-state index in [0.29, 0.717) is 42.7 Å². The maximum absolute atomic E-state index is 11.8. The smallest absolute Gasteiger partial charge is 0.175 e. The second-order valence-corrected chi connectivity index (χ2v) is 10.5. The molecular formula is C22H14Cl4N2O2S. The molecule has 1 aromatic heterocycles. The Morgan fingerprint density at radius 3 is 1.90 bits per heavy atom. The molecule has 0 saturated heterocycles. The van der Waals surface area contributed by atoms with Gasteiger partial charge in [0.05, 0.1) is 32.0 Å². The van der Waals surface area contributed by atoms with Crippen LogP contribution in [-0.2, 0) is 9.84 Å². The molecule has 0 radical (unpaired) electrons. The summed E-state index contributed by atoms with van der Waals surface area (Å²) in [6.07, 6.45) is 1.16. The van der Waals surface area contributed by atoms with Gasteiger partial charge >= 0.3 is 0 Å². The normalized spacial score (nSPS) is 11.6. The summed E-state index contributed by atoms with van der Waals surface area (Å²) >= 11 is 25.1. The second-order valence-electron chi connectivity index (χ2n) is 6.84. The number of aromatic nitrogens is 2. The van der Waals surface area contributed by atoms with Crippen LogP contribution in [0.2, 0.25) is 20.1 Å². The van der Waals surface area contributed by atoms with Crippen LogP contribution in [0.3, 0.4) is 0 Å². The van der Waals surface area contributed by atoms with Gasteiger partial charge in [0.15, 0.2) is 9.84 Å². The fraction of sp³-hybridized carbons (Fsp3) is 0.0455. The number of rotatable bonds is 4. The van der Waals surface area contributed by atoms with E-state index in [1.165, 1.54) is 12.1 Å².